The maximum atomic E-state index is 10.5. The van der Waals surface area contributed by atoms with Gasteiger partial charge in [-0.1, -0.05) is 91.0 Å². The Morgan fingerprint density at radius 2 is 1.18 bits per heavy atom. The van der Waals surface area contributed by atoms with Crippen LogP contribution in [-0.4, -0.2) is 9.13 Å². The topological polar surface area (TPSA) is 61.8 Å². The fourth-order valence-electron chi connectivity index (χ4n) is 7.38. The molecule has 9 rings (SSSR count). The minimum Gasteiger partial charge on any atom is -0.309 e. The summed E-state index contributed by atoms with van der Waals surface area (Å²) in [6.45, 7) is 7.55. The van der Waals surface area contributed by atoms with Crippen LogP contribution < -0.4 is 0 Å². The number of fused-ring (bicyclic) bond motifs is 6. The SMILES string of the molecule is [C-]#[N+]c1ccc2c(c1)c1ccc(C#N)cc1n2-c1cccc(-c2ccc(-c3ccccc3-n3c4ccccc4c4ccccc43)c(C#N)c2)c1. The summed E-state index contributed by atoms with van der Waals surface area (Å²) in [5.74, 6) is 0. The van der Waals surface area contributed by atoms with E-state index in [2.05, 4.69) is 111 Å². The van der Waals surface area contributed by atoms with Crippen LogP contribution in [0.5, 0.6) is 0 Å². The molecular weight excluding hydrogens is 611 g/mol. The quantitative estimate of drug-likeness (QED) is 0.181. The van der Waals surface area contributed by atoms with E-state index in [1.807, 2.05) is 66.7 Å². The Kier molecular flexibility index (Phi) is 6.56. The van der Waals surface area contributed by atoms with E-state index in [-0.39, 0.29) is 0 Å². The van der Waals surface area contributed by atoms with Gasteiger partial charge in [0.2, 0.25) is 0 Å². The molecule has 0 aliphatic heterocycles. The van der Waals surface area contributed by atoms with Crippen LogP contribution in [0, 0.1) is 29.2 Å². The highest BCUT2D eigenvalue weighted by Crippen LogP contribution is 2.39. The monoisotopic (exact) mass is 635 g/mol. The fraction of sp³-hybridized carbons (Fsp3) is 0. The van der Waals surface area contributed by atoms with Crippen molar-refractivity contribution in [1.29, 1.82) is 10.5 Å². The van der Waals surface area contributed by atoms with E-state index in [9.17, 15) is 10.5 Å². The third kappa shape index (κ3) is 4.38. The molecule has 0 spiro atoms. The molecule has 5 heteroatoms. The molecule has 0 bridgehead atoms. The van der Waals surface area contributed by atoms with Gasteiger partial charge in [-0.25, -0.2) is 4.85 Å². The molecule has 5 nitrogen and oxygen atoms in total. The summed E-state index contributed by atoms with van der Waals surface area (Å²) in [7, 11) is 0. The number of para-hydroxylation sites is 3. The Morgan fingerprint density at radius 1 is 0.480 bits per heavy atom. The summed E-state index contributed by atoms with van der Waals surface area (Å²) in [6.07, 6.45) is 0. The second-order valence-electron chi connectivity index (χ2n) is 12.3. The largest absolute Gasteiger partial charge is 0.309 e. The molecular formula is C45H25N5. The molecule has 2 aromatic heterocycles. The predicted octanol–water partition coefficient (Wildman–Crippen LogP) is 11.5. The van der Waals surface area contributed by atoms with Gasteiger partial charge in [0.1, 0.15) is 0 Å². The zero-order valence-corrected chi connectivity index (χ0v) is 26.7. The molecule has 0 aliphatic rings. The van der Waals surface area contributed by atoms with Gasteiger partial charge in [0.05, 0.1) is 57.6 Å². The molecule has 0 aliphatic carbocycles. The maximum absolute atomic E-state index is 10.5. The molecule has 0 N–H and O–H groups in total. The van der Waals surface area contributed by atoms with E-state index in [4.69, 9.17) is 6.57 Å². The Labute approximate surface area is 288 Å². The first-order chi connectivity index (χ1) is 24.7. The number of hydrogen-bond acceptors (Lipinski definition) is 2. The van der Waals surface area contributed by atoms with Crippen molar-refractivity contribution in [3.63, 3.8) is 0 Å². The molecule has 7 aromatic carbocycles. The van der Waals surface area contributed by atoms with E-state index in [0.29, 0.717) is 16.8 Å². The van der Waals surface area contributed by atoms with Gasteiger partial charge in [0.15, 0.2) is 5.69 Å². The second kappa shape index (κ2) is 11.4. The second-order valence-corrected chi connectivity index (χ2v) is 12.3. The minimum atomic E-state index is 0.568. The van der Waals surface area contributed by atoms with Crippen molar-refractivity contribution in [3.05, 3.63) is 174 Å². The fourth-order valence-corrected chi connectivity index (χ4v) is 7.38. The molecule has 230 valence electrons. The number of aromatic nitrogens is 2. The minimum absolute atomic E-state index is 0.568. The zero-order chi connectivity index (χ0) is 33.8. The lowest BCUT2D eigenvalue weighted by atomic mass is 9.94. The lowest BCUT2D eigenvalue weighted by molar-refractivity contribution is 1.18. The molecule has 0 atom stereocenters. The Balaban J connectivity index is 1.19. The lowest BCUT2D eigenvalue weighted by Gasteiger charge is -2.16. The molecule has 0 radical (unpaired) electrons. The third-order valence-electron chi connectivity index (χ3n) is 9.60. The van der Waals surface area contributed by atoms with Crippen LogP contribution in [-0.2, 0) is 0 Å². The number of nitriles is 2. The van der Waals surface area contributed by atoms with E-state index < -0.39 is 0 Å². The summed E-state index contributed by atoms with van der Waals surface area (Å²) in [5, 5.41) is 24.6. The number of nitrogens with zero attached hydrogens (tertiary/aromatic N) is 5. The van der Waals surface area contributed by atoms with Gasteiger partial charge in [0.25, 0.3) is 0 Å². The first-order valence-corrected chi connectivity index (χ1v) is 16.3. The highest BCUT2D eigenvalue weighted by molar-refractivity contribution is 6.11. The summed E-state index contributed by atoms with van der Waals surface area (Å²) in [5.41, 5.74) is 11.5. The Bertz CT molecular complexity index is 2920. The van der Waals surface area contributed by atoms with Gasteiger partial charge < -0.3 is 9.13 Å². The van der Waals surface area contributed by atoms with Gasteiger partial charge in [-0.3, -0.25) is 0 Å². The Morgan fingerprint density at radius 3 is 1.94 bits per heavy atom. The molecule has 0 fully saturated rings. The van der Waals surface area contributed by atoms with Gasteiger partial charge in [-0.2, -0.15) is 10.5 Å². The third-order valence-corrected chi connectivity index (χ3v) is 9.60. The van der Waals surface area contributed by atoms with Gasteiger partial charge in [-0.15, -0.1) is 0 Å². The summed E-state index contributed by atoms with van der Waals surface area (Å²) < 4.78 is 4.44. The molecule has 50 heavy (non-hydrogen) atoms. The maximum Gasteiger partial charge on any atom is 0.188 e. The van der Waals surface area contributed by atoms with E-state index in [0.717, 1.165) is 66.5 Å². The van der Waals surface area contributed by atoms with Crippen LogP contribution in [0.4, 0.5) is 5.69 Å². The zero-order valence-electron chi connectivity index (χ0n) is 26.7. The van der Waals surface area contributed by atoms with Crippen molar-refractivity contribution in [2.45, 2.75) is 0 Å². The molecule has 0 saturated heterocycles. The van der Waals surface area contributed by atoms with Crippen LogP contribution in [0.1, 0.15) is 11.1 Å². The molecule has 2 heterocycles. The van der Waals surface area contributed by atoms with Crippen molar-refractivity contribution in [1.82, 2.24) is 9.13 Å². The van der Waals surface area contributed by atoms with Crippen LogP contribution in [0.15, 0.2) is 152 Å². The molecule has 0 unspecified atom stereocenters. The molecule has 0 saturated carbocycles. The van der Waals surface area contributed by atoms with Crippen LogP contribution in [0.2, 0.25) is 0 Å². The highest BCUT2D eigenvalue weighted by atomic mass is 15.0. The van der Waals surface area contributed by atoms with E-state index >= 15 is 0 Å². The number of hydrogen-bond donors (Lipinski definition) is 0. The van der Waals surface area contributed by atoms with Crippen LogP contribution in [0.3, 0.4) is 0 Å². The lowest BCUT2D eigenvalue weighted by Crippen LogP contribution is -1.98. The average Bonchev–Trinajstić information content (AvgIpc) is 3.69. The first kappa shape index (κ1) is 28.8. The normalized spacial score (nSPS) is 11.1. The van der Waals surface area contributed by atoms with Crippen LogP contribution >= 0.6 is 0 Å². The first-order valence-electron chi connectivity index (χ1n) is 16.3. The van der Waals surface area contributed by atoms with Gasteiger partial charge >= 0.3 is 0 Å². The molecule has 9 aromatic rings. The number of rotatable bonds is 4. The summed E-state index contributed by atoms with van der Waals surface area (Å²) in [6, 6.07) is 55.7. The van der Waals surface area contributed by atoms with Crippen molar-refractivity contribution in [2.24, 2.45) is 0 Å². The smallest absolute Gasteiger partial charge is 0.188 e. The van der Waals surface area contributed by atoms with Crippen molar-refractivity contribution < 1.29 is 0 Å². The predicted molar refractivity (Wildman–Crippen MR) is 202 cm³/mol. The van der Waals surface area contributed by atoms with Crippen molar-refractivity contribution >= 4 is 49.3 Å². The standard InChI is InChI=1S/C45H25N5/c1-48-33-19-22-44-40(26-33)39-20-17-29(27-46)23-45(39)49(44)34-10-8-9-30(25-34)31-18-21-35(32(24-31)28-47)36-11-2-5-14-41(36)50-42-15-6-3-12-37(42)38-13-4-7-16-43(38)50/h2-26H. The highest BCUT2D eigenvalue weighted by Gasteiger charge is 2.18. The van der Waals surface area contributed by atoms with Crippen molar-refractivity contribution in [3.8, 4) is 45.8 Å². The Hall–Kier alpha value is -7.39. The summed E-state index contributed by atoms with van der Waals surface area (Å²) in [4.78, 5) is 3.65. The van der Waals surface area contributed by atoms with Gasteiger partial charge in [-0.05, 0) is 77.2 Å². The number of benzene rings is 7. The molecule has 0 amide bonds. The summed E-state index contributed by atoms with van der Waals surface area (Å²) >= 11 is 0. The average molecular weight is 636 g/mol. The van der Waals surface area contributed by atoms with Gasteiger partial charge in [0, 0.05) is 33.0 Å². The van der Waals surface area contributed by atoms with Crippen molar-refractivity contribution in [2.75, 3.05) is 0 Å². The van der Waals surface area contributed by atoms with E-state index in [1.165, 1.54) is 10.8 Å². The van der Waals surface area contributed by atoms with E-state index in [1.54, 1.807) is 0 Å². The van der Waals surface area contributed by atoms with Crippen LogP contribution in [0.25, 0.3) is 82.1 Å².